The molecular weight excluding hydrogens is 653 g/mol. The number of fused-ring (bicyclic) bond motifs is 4. The van der Waals surface area contributed by atoms with Crippen LogP contribution in [0, 0.1) is 0 Å². The van der Waals surface area contributed by atoms with Gasteiger partial charge in [-0.05, 0) is 119 Å². The van der Waals surface area contributed by atoms with Crippen LogP contribution >= 0.6 is 0 Å². The van der Waals surface area contributed by atoms with Gasteiger partial charge in [0.2, 0.25) is 0 Å². The molecule has 2 nitrogen and oxygen atoms in total. The molecule has 10 rings (SSSR count). The molecular formula is C52H36N2. The fourth-order valence-corrected chi connectivity index (χ4v) is 8.53. The van der Waals surface area contributed by atoms with E-state index >= 15 is 0 Å². The van der Waals surface area contributed by atoms with Crippen LogP contribution in [0.3, 0.4) is 0 Å². The van der Waals surface area contributed by atoms with E-state index in [1.807, 2.05) is 6.21 Å². The van der Waals surface area contributed by atoms with Crippen LogP contribution in [0.5, 0.6) is 0 Å². The maximum absolute atomic E-state index is 4.19. The molecule has 1 aliphatic carbocycles. The standard InChI is InChI=1S/C52H36N2/c1-53-34-35-24-28-40(29-25-35)54(39-18-9-4-10-19-39)41-30-26-36(27-31-41)42-32-33-47-50-43(42)22-13-23-46(50)51-48(37-14-5-2-6-15-37)44-20-11-12-21-45(44)49(52(47)51)38-16-7-3-8-17-38/h2-34H,1H3. The molecule has 2 heteroatoms. The van der Waals surface area contributed by atoms with E-state index in [4.69, 9.17) is 0 Å². The Labute approximate surface area is 316 Å². The van der Waals surface area contributed by atoms with Crippen LogP contribution in [0.4, 0.5) is 17.1 Å². The van der Waals surface area contributed by atoms with E-state index in [2.05, 4.69) is 204 Å². The molecule has 0 heterocycles. The van der Waals surface area contributed by atoms with E-state index in [1.54, 1.807) is 7.05 Å². The lowest BCUT2D eigenvalue weighted by Gasteiger charge is -2.25. The molecule has 0 spiro atoms. The van der Waals surface area contributed by atoms with Gasteiger partial charge in [-0.25, -0.2) is 0 Å². The molecule has 0 atom stereocenters. The first-order chi connectivity index (χ1) is 26.8. The molecule has 0 unspecified atom stereocenters. The zero-order valence-corrected chi connectivity index (χ0v) is 29.9. The number of aliphatic imine (C=N–C) groups is 1. The minimum Gasteiger partial charge on any atom is -0.311 e. The molecule has 254 valence electrons. The highest BCUT2D eigenvalue weighted by Crippen LogP contribution is 2.58. The Morgan fingerprint density at radius 1 is 0.352 bits per heavy atom. The third kappa shape index (κ3) is 5.15. The zero-order valence-electron chi connectivity index (χ0n) is 29.9. The number of hydrogen-bond acceptors (Lipinski definition) is 2. The van der Waals surface area contributed by atoms with Crippen molar-refractivity contribution < 1.29 is 0 Å². The molecule has 0 saturated carbocycles. The fraction of sp³-hybridized carbons (Fsp3) is 0.0192. The van der Waals surface area contributed by atoms with Crippen molar-refractivity contribution in [2.24, 2.45) is 4.99 Å². The van der Waals surface area contributed by atoms with Gasteiger partial charge in [-0.3, -0.25) is 4.99 Å². The molecule has 9 aromatic carbocycles. The Balaban J connectivity index is 1.16. The highest BCUT2D eigenvalue weighted by molar-refractivity contribution is 6.28. The van der Waals surface area contributed by atoms with E-state index in [1.165, 1.54) is 77.2 Å². The maximum Gasteiger partial charge on any atom is 0.0462 e. The summed E-state index contributed by atoms with van der Waals surface area (Å²) in [6.45, 7) is 0. The predicted octanol–water partition coefficient (Wildman–Crippen LogP) is 14.2. The molecule has 54 heavy (non-hydrogen) atoms. The lowest BCUT2D eigenvalue weighted by Crippen LogP contribution is -2.09. The number of hydrogen-bond donors (Lipinski definition) is 0. The lowest BCUT2D eigenvalue weighted by molar-refractivity contribution is 1.28. The van der Waals surface area contributed by atoms with Crippen molar-refractivity contribution in [3.8, 4) is 55.6 Å². The number of para-hydroxylation sites is 1. The van der Waals surface area contributed by atoms with Crippen molar-refractivity contribution in [2.75, 3.05) is 11.9 Å². The predicted molar refractivity (Wildman–Crippen MR) is 230 cm³/mol. The SMILES string of the molecule is CN=Cc1ccc(N(c2ccccc2)c2ccc(-c3ccc4c5c(cccc35)-c3c-4c(-c4ccccc4)c4ccccc4c3-c3ccccc3)cc2)cc1. The first-order valence-corrected chi connectivity index (χ1v) is 18.5. The van der Waals surface area contributed by atoms with Gasteiger partial charge in [-0.15, -0.1) is 0 Å². The summed E-state index contributed by atoms with van der Waals surface area (Å²) in [6, 6.07) is 70.5. The number of nitrogens with zero attached hydrogens (tertiary/aromatic N) is 2. The Bertz CT molecular complexity index is 2750. The van der Waals surface area contributed by atoms with E-state index in [-0.39, 0.29) is 0 Å². The van der Waals surface area contributed by atoms with Crippen molar-refractivity contribution in [1.82, 2.24) is 0 Å². The Morgan fingerprint density at radius 2 is 0.815 bits per heavy atom. The van der Waals surface area contributed by atoms with Gasteiger partial charge in [0.05, 0.1) is 0 Å². The molecule has 0 bridgehead atoms. The fourth-order valence-electron chi connectivity index (χ4n) is 8.53. The lowest BCUT2D eigenvalue weighted by atomic mass is 9.82. The van der Waals surface area contributed by atoms with E-state index in [0.717, 1.165) is 22.6 Å². The molecule has 0 amide bonds. The van der Waals surface area contributed by atoms with Crippen molar-refractivity contribution in [3.63, 3.8) is 0 Å². The Hall–Kier alpha value is -7.03. The van der Waals surface area contributed by atoms with Gasteiger partial charge < -0.3 is 4.90 Å². The van der Waals surface area contributed by atoms with Gasteiger partial charge in [-0.1, -0.05) is 158 Å². The van der Waals surface area contributed by atoms with Crippen LogP contribution in [0.2, 0.25) is 0 Å². The summed E-state index contributed by atoms with van der Waals surface area (Å²) in [5.74, 6) is 0. The summed E-state index contributed by atoms with van der Waals surface area (Å²) >= 11 is 0. The van der Waals surface area contributed by atoms with Crippen LogP contribution in [-0.2, 0) is 0 Å². The van der Waals surface area contributed by atoms with Gasteiger partial charge in [0.25, 0.3) is 0 Å². The van der Waals surface area contributed by atoms with E-state index < -0.39 is 0 Å². The average molecular weight is 689 g/mol. The smallest absolute Gasteiger partial charge is 0.0462 e. The molecule has 0 aromatic heterocycles. The quantitative estimate of drug-likeness (QED) is 0.152. The summed E-state index contributed by atoms with van der Waals surface area (Å²) in [4.78, 5) is 6.50. The molecule has 0 fully saturated rings. The highest BCUT2D eigenvalue weighted by atomic mass is 15.1. The third-order valence-electron chi connectivity index (χ3n) is 10.8. The van der Waals surface area contributed by atoms with Crippen LogP contribution in [0.15, 0.2) is 199 Å². The normalized spacial score (nSPS) is 11.7. The Morgan fingerprint density at radius 3 is 1.39 bits per heavy atom. The summed E-state index contributed by atoms with van der Waals surface area (Å²) in [7, 11) is 1.80. The van der Waals surface area contributed by atoms with Gasteiger partial charge in [0.15, 0.2) is 0 Å². The summed E-state index contributed by atoms with van der Waals surface area (Å²) < 4.78 is 0. The molecule has 9 aromatic rings. The van der Waals surface area contributed by atoms with Crippen molar-refractivity contribution in [1.29, 1.82) is 0 Å². The minimum absolute atomic E-state index is 1.08. The number of anilines is 3. The van der Waals surface area contributed by atoms with E-state index in [0.29, 0.717) is 0 Å². The highest BCUT2D eigenvalue weighted by Gasteiger charge is 2.31. The second-order valence-corrected chi connectivity index (χ2v) is 13.9. The molecule has 0 radical (unpaired) electrons. The monoisotopic (exact) mass is 688 g/mol. The summed E-state index contributed by atoms with van der Waals surface area (Å²) in [6.07, 6.45) is 1.88. The van der Waals surface area contributed by atoms with Gasteiger partial charge >= 0.3 is 0 Å². The van der Waals surface area contributed by atoms with Crippen LogP contribution in [0.25, 0.3) is 77.2 Å². The average Bonchev–Trinajstić information content (AvgIpc) is 3.57. The molecule has 0 N–H and O–H groups in total. The van der Waals surface area contributed by atoms with Gasteiger partial charge in [0.1, 0.15) is 0 Å². The first-order valence-electron chi connectivity index (χ1n) is 18.5. The van der Waals surface area contributed by atoms with Crippen LogP contribution in [-0.4, -0.2) is 13.3 Å². The largest absolute Gasteiger partial charge is 0.311 e. The van der Waals surface area contributed by atoms with Gasteiger partial charge in [0, 0.05) is 30.3 Å². The second kappa shape index (κ2) is 13.2. The third-order valence-corrected chi connectivity index (χ3v) is 10.8. The second-order valence-electron chi connectivity index (χ2n) is 13.9. The summed E-state index contributed by atoms with van der Waals surface area (Å²) in [5.41, 5.74) is 17.1. The zero-order chi connectivity index (χ0) is 36.0. The molecule has 0 aliphatic heterocycles. The number of rotatable bonds is 7. The van der Waals surface area contributed by atoms with Crippen LogP contribution < -0.4 is 4.90 Å². The Kier molecular flexibility index (Phi) is 7.74. The molecule has 0 saturated heterocycles. The van der Waals surface area contributed by atoms with Crippen molar-refractivity contribution >= 4 is 44.8 Å². The topological polar surface area (TPSA) is 15.6 Å². The minimum atomic E-state index is 1.08. The van der Waals surface area contributed by atoms with E-state index in [9.17, 15) is 0 Å². The number of benzene rings is 9. The van der Waals surface area contributed by atoms with Crippen LogP contribution in [0.1, 0.15) is 5.56 Å². The summed E-state index contributed by atoms with van der Waals surface area (Å²) in [5, 5.41) is 5.14. The first kappa shape index (κ1) is 31.7. The molecule has 1 aliphatic rings. The van der Waals surface area contributed by atoms with Gasteiger partial charge in [-0.2, -0.15) is 0 Å². The van der Waals surface area contributed by atoms with Crippen molar-refractivity contribution in [3.05, 3.63) is 200 Å². The maximum atomic E-state index is 4.19. The van der Waals surface area contributed by atoms with Crippen molar-refractivity contribution in [2.45, 2.75) is 0 Å².